The zero-order valence-electron chi connectivity index (χ0n) is 11.0. The van der Waals surface area contributed by atoms with Gasteiger partial charge in [0.15, 0.2) is 0 Å². The minimum atomic E-state index is -3.33. The summed E-state index contributed by atoms with van der Waals surface area (Å²) >= 11 is 0. The first-order valence-electron chi connectivity index (χ1n) is 6.64. The van der Waals surface area contributed by atoms with Gasteiger partial charge in [0.1, 0.15) is 0 Å². The number of rotatable bonds is 4. The van der Waals surface area contributed by atoms with E-state index in [9.17, 15) is 8.42 Å². The van der Waals surface area contributed by atoms with Crippen LogP contribution in [0.3, 0.4) is 0 Å². The van der Waals surface area contributed by atoms with Crippen molar-refractivity contribution in [2.24, 2.45) is 0 Å². The lowest BCUT2D eigenvalue weighted by Gasteiger charge is -2.27. The van der Waals surface area contributed by atoms with Gasteiger partial charge in [-0.1, -0.05) is 0 Å². The molecule has 0 radical (unpaired) electrons. The second kappa shape index (κ2) is 6.29. The van der Waals surface area contributed by atoms with E-state index in [1.54, 1.807) is 11.4 Å². The number of nitrogens with one attached hydrogen (secondary N) is 1. The van der Waals surface area contributed by atoms with Crippen molar-refractivity contribution in [1.82, 2.24) is 13.9 Å². The lowest BCUT2D eigenvalue weighted by molar-refractivity contribution is 0.0966. The van der Waals surface area contributed by atoms with E-state index in [4.69, 9.17) is 4.74 Å². The van der Waals surface area contributed by atoms with Crippen LogP contribution in [0.15, 0.2) is 0 Å². The first-order valence-corrected chi connectivity index (χ1v) is 8.04. The van der Waals surface area contributed by atoms with Crippen molar-refractivity contribution in [1.29, 1.82) is 0 Å². The highest BCUT2D eigenvalue weighted by Gasteiger charge is 2.30. The maximum atomic E-state index is 12.4. The summed E-state index contributed by atoms with van der Waals surface area (Å²) in [6.45, 7) is 4.00. The molecule has 6 nitrogen and oxygen atoms in total. The Hall–Kier alpha value is -0.210. The molecule has 0 aromatic carbocycles. The van der Waals surface area contributed by atoms with Crippen molar-refractivity contribution in [3.8, 4) is 0 Å². The van der Waals surface area contributed by atoms with Gasteiger partial charge in [0, 0.05) is 39.8 Å². The normalized spacial score (nSPS) is 27.6. The van der Waals surface area contributed by atoms with E-state index in [0.29, 0.717) is 19.6 Å². The molecule has 2 aliphatic heterocycles. The van der Waals surface area contributed by atoms with Gasteiger partial charge >= 0.3 is 0 Å². The molecule has 0 amide bonds. The van der Waals surface area contributed by atoms with Crippen LogP contribution in [0.4, 0.5) is 0 Å². The van der Waals surface area contributed by atoms with Gasteiger partial charge in [-0.15, -0.1) is 0 Å². The SMILES string of the molecule is CN(CC1CCCO1)S(=O)(=O)N1CCCNCC1. The molecular weight excluding hydrogens is 254 g/mol. The molecule has 2 rings (SSSR count). The van der Waals surface area contributed by atoms with Gasteiger partial charge in [-0.25, -0.2) is 0 Å². The zero-order valence-corrected chi connectivity index (χ0v) is 11.8. The van der Waals surface area contributed by atoms with Crippen LogP contribution < -0.4 is 5.32 Å². The fourth-order valence-corrected chi connectivity index (χ4v) is 3.85. The minimum Gasteiger partial charge on any atom is -0.377 e. The fraction of sp³-hybridized carbons (Fsp3) is 1.00. The number of hydrogen-bond acceptors (Lipinski definition) is 4. The number of ether oxygens (including phenoxy) is 1. The zero-order chi connectivity index (χ0) is 13.0. The lowest BCUT2D eigenvalue weighted by Crippen LogP contribution is -2.45. The molecule has 106 valence electrons. The maximum Gasteiger partial charge on any atom is 0.281 e. The molecule has 2 saturated heterocycles. The Morgan fingerprint density at radius 2 is 2.17 bits per heavy atom. The molecule has 18 heavy (non-hydrogen) atoms. The molecule has 0 bridgehead atoms. The van der Waals surface area contributed by atoms with Crippen molar-refractivity contribution in [2.45, 2.75) is 25.4 Å². The summed E-state index contributed by atoms with van der Waals surface area (Å²) in [4.78, 5) is 0. The van der Waals surface area contributed by atoms with Gasteiger partial charge in [0.05, 0.1) is 6.10 Å². The highest BCUT2D eigenvalue weighted by atomic mass is 32.2. The van der Waals surface area contributed by atoms with Gasteiger partial charge in [-0.2, -0.15) is 17.0 Å². The summed E-state index contributed by atoms with van der Waals surface area (Å²) in [5.74, 6) is 0. The third-order valence-corrected chi connectivity index (χ3v) is 5.46. The van der Waals surface area contributed by atoms with Crippen LogP contribution in [0.25, 0.3) is 0 Å². The van der Waals surface area contributed by atoms with Crippen LogP contribution in [0.5, 0.6) is 0 Å². The third-order valence-electron chi connectivity index (χ3n) is 3.50. The van der Waals surface area contributed by atoms with Crippen LogP contribution in [-0.4, -0.2) is 69.5 Å². The average Bonchev–Trinajstić information content (AvgIpc) is 2.68. The molecular formula is C11H23N3O3S. The molecule has 7 heteroatoms. The molecule has 2 aliphatic rings. The third kappa shape index (κ3) is 3.42. The second-order valence-electron chi connectivity index (χ2n) is 4.93. The molecule has 0 aromatic rings. The van der Waals surface area contributed by atoms with Crippen molar-refractivity contribution in [3.63, 3.8) is 0 Å². The molecule has 2 heterocycles. The minimum absolute atomic E-state index is 0.0647. The Morgan fingerprint density at radius 1 is 1.33 bits per heavy atom. The van der Waals surface area contributed by atoms with Crippen LogP contribution in [-0.2, 0) is 14.9 Å². The van der Waals surface area contributed by atoms with Gasteiger partial charge in [-0.05, 0) is 25.8 Å². The predicted molar refractivity (Wildman–Crippen MR) is 69.6 cm³/mol. The van der Waals surface area contributed by atoms with E-state index >= 15 is 0 Å². The largest absolute Gasteiger partial charge is 0.377 e. The lowest BCUT2D eigenvalue weighted by atomic mass is 10.2. The van der Waals surface area contributed by atoms with Crippen molar-refractivity contribution in [2.75, 3.05) is 46.4 Å². The predicted octanol–water partition coefficient (Wildman–Crippen LogP) is -0.363. The topological polar surface area (TPSA) is 61.9 Å². The van der Waals surface area contributed by atoms with E-state index in [2.05, 4.69) is 5.32 Å². The Labute approximate surface area is 109 Å². The smallest absolute Gasteiger partial charge is 0.281 e. The maximum absolute atomic E-state index is 12.4. The highest BCUT2D eigenvalue weighted by molar-refractivity contribution is 7.86. The standard InChI is InChI=1S/C11H23N3O3S/c1-13(10-11-4-2-9-17-11)18(15,16)14-7-3-5-12-6-8-14/h11-12H,2-10H2,1H3. The Balaban J connectivity index is 1.94. The van der Waals surface area contributed by atoms with Crippen molar-refractivity contribution < 1.29 is 13.2 Å². The van der Waals surface area contributed by atoms with Crippen molar-refractivity contribution in [3.05, 3.63) is 0 Å². The Morgan fingerprint density at radius 3 is 2.89 bits per heavy atom. The number of nitrogens with zero attached hydrogens (tertiary/aromatic N) is 2. The molecule has 2 fully saturated rings. The van der Waals surface area contributed by atoms with Gasteiger partial charge in [0.25, 0.3) is 10.2 Å². The quantitative estimate of drug-likeness (QED) is 0.762. The van der Waals surface area contributed by atoms with E-state index in [1.165, 1.54) is 4.31 Å². The summed E-state index contributed by atoms with van der Waals surface area (Å²) in [5, 5.41) is 3.21. The van der Waals surface area contributed by atoms with Gasteiger partial charge in [0.2, 0.25) is 0 Å². The number of hydrogen-bond donors (Lipinski definition) is 1. The second-order valence-corrected chi connectivity index (χ2v) is 6.96. The molecule has 0 spiro atoms. The number of likely N-dealkylation sites (N-methyl/N-ethyl adjacent to an activating group) is 1. The Bertz CT molecular complexity index is 347. The molecule has 1 atom stereocenters. The van der Waals surface area contributed by atoms with Crippen LogP contribution in [0, 0.1) is 0 Å². The molecule has 1 N–H and O–H groups in total. The highest BCUT2D eigenvalue weighted by Crippen LogP contribution is 2.16. The van der Waals surface area contributed by atoms with E-state index < -0.39 is 10.2 Å². The Kier molecular flexibility index (Phi) is 4.97. The summed E-state index contributed by atoms with van der Waals surface area (Å²) in [5.41, 5.74) is 0. The van der Waals surface area contributed by atoms with E-state index in [0.717, 1.165) is 39.0 Å². The van der Waals surface area contributed by atoms with Crippen molar-refractivity contribution >= 4 is 10.2 Å². The molecule has 0 aromatic heterocycles. The first kappa shape index (κ1) is 14.2. The van der Waals surface area contributed by atoms with Gasteiger partial charge < -0.3 is 10.1 Å². The summed E-state index contributed by atoms with van der Waals surface area (Å²) < 4.78 is 33.3. The monoisotopic (exact) mass is 277 g/mol. The summed E-state index contributed by atoms with van der Waals surface area (Å²) in [6, 6.07) is 0. The van der Waals surface area contributed by atoms with E-state index in [1.807, 2.05) is 0 Å². The molecule has 0 saturated carbocycles. The summed E-state index contributed by atoms with van der Waals surface area (Å²) in [7, 11) is -1.68. The van der Waals surface area contributed by atoms with Gasteiger partial charge in [-0.3, -0.25) is 0 Å². The first-order chi connectivity index (χ1) is 8.60. The molecule has 1 unspecified atom stereocenters. The van der Waals surface area contributed by atoms with Crippen LogP contribution >= 0.6 is 0 Å². The van der Waals surface area contributed by atoms with E-state index in [-0.39, 0.29) is 6.10 Å². The van der Waals surface area contributed by atoms with Crippen LogP contribution in [0.2, 0.25) is 0 Å². The van der Waals surface area contributed by atoms with Crippen LogP contribution in [0.1, 0.15) is 19.3 Å². The fourth-order valence-electron chi connectivity index (χ4n) is 2.42. The molecule has 0 aliphatic carbocycles. The average molecular weight is 277 g/mol. The summed E-state index contributed by atoms with van der Waals surface area (Å²) in [6.07, 6.45) is 2.93.